The molecule has 0 aliphatic carbocycles. The fourth-order valence-corrected chi connectivity index (χ4v) is 2.74. The number of hydrogen-bond donors (Lipinski definition) is 0. The van der Waals surface area contributed by atoms with Crippen molar-refractivity contribution < 1.29 is 0 Å². The van der Waals surface area contributed by atoms with Gasteiger partial charge in [-0.25, -0.2) is 4.99 Å². The fraction of sp³-hybridized carbons (Fsp3) is 0.188. The highest BCUT2D eigenvalue weighted by molar-refractivity contribution is 6.34. The summed E-state index contributed by atoms with van der Waals surface area (Å²) >= 11 is 0. The molecule has 2 bridgehead atoms. The van der Waals surface area contributed by atoms with Gasteiger partial charge < -0.3 is 4.90 Å². The van der Waals surface area contributed by atoms with E-state index in [9.17, 15) is 0 Å². The molecule has 4 aliphatic heterocycles. The second-order valence-electron chi connectivity index (χ2n) is 4.91. The lowest BCUT2D eigenvalue weighted by Gasteiger charge is -2.22. The maximum absolute atomic E-state index is 4.75. The van der Waals surface area contributed by atoms with E-state index in [4.69, 9.17) is 4.99 Å². The predicted octanol–water partition coefficient (Wildman–Crippen LogP) is 3.32. The molecule has 0 fully saturated rings. The summed E-state index contributed by atoms with van der Waals surface area (Å²) in [5, 5.41) is 0. The number of hydrogen-bond acceptors (Lipinski definition) is 2. The van der Waals surface area contributed by atoms with Gasteiger partial charge in [-0.1, -0.05) is 24.3 Å². The standard InChI is InChI=1S/C16H14N2/c1-2-4-15-13(3-1)14-7-10-18-8-5-12(6-9-18)11-16(14)17-15/h1-5,7-8,11H,6,9-10H2/b12-11+,14-7-. The molecule has 4 aliphatic rings. The number of nitrogens with zero attached hydrogens (tertiary/aromatic N) is 2. The third kappa shape index (κ3) is 1.46. The molecule has 0 spiro atoms. The van der Waals surface area contributed by atoms with Crippen LogP contribution in [0.5, 0.6) is 0 Å². The predicted molar refractivity (Wildman–Crippen MR) is 74.9 cm³/mol. The number of aliphatic imine (C=N–C) groups is 1. The Kier molecular flexibility index (Phi) is 2.04. The SMILES string of the molecule is C1=CN2C/C=C3\C(=Nc4ccccc43)/C=C\1CC2. The van der Waals surface area contributed by atoms with Crippen LogP contribution >= 0.6 is 0 Å². The molecule has 4 heterocycles. The first-order valence-corrected chi connectivity index (χ1v) is 6.42. The van der Waals surface area contributed by atoms with Gasteiger partial charge in [-0.2, -0.15) is 0 Å². The van der Waals surface area contributed by atoms with Crippen molar-refractivity contribution in [1.29, 1.82) is 0 Å². The lowest BCUT2D eigenvalue weighted by atomic mass is 10.0. The largest absolute Gasteiger partial charge is 0.373 e. The summed E-state index contributed by atoms with van der Waals surface area (Å²) in [5.41, 5.74) is 6.17. The van der Waals surface area contributed by atoms with E-state index in [0.29, 0.717) is 0 Å². The molecular weight excluding hydrogens is 220 g/mol. The Bertz CT molecular complexity index is 632. The topological polar surface area (TPSA) is 15.6 Å². The quantitative estimate of drug-likeness (QED) is 0.672. The minimum absolute atomic E-state index is 0.973. The molecule has 18 heavy (non-hydrogen) atoms. The van der Waals surface area contributed by atoms with Crippen molar-refractivity contribution >= 4 is 17.0 Å². The maximum Gasteiger partial charge on any atom is 0.0716 e. The number of fused-ring (bicyclic) bond motifs is 3. The molecule has 0 amide bonds. The number of rotatable bonds is 0. The van der Waals surface area contributed by atoms with Gasteiger partial charge in [0.2, 0.25) is 0 Å². The average Bonchev–Trinajstić information content (AvgIpc) is 2.79. The van der Waals surface area contributed by atoms with Crippen molar-refractivity contribution in [3.05, 3.63) is 59.8 Å². The van der Waals surface area contributed by atoms with Crippen molar-refractivity contribution in [3.8, 4) is 0 Å². The van der Waals surface area contributed by atoms with E-state index in [1.807, 2.05) is 0 Å². The highest BCUT2D eigenvalue weighted by atomic mass is 15.1. The number of benzene rings is 1. The van der Waals surface area contributed by atoms with Gasteiger partial charge in [-0.05, 0) is 36.4 Å². The van der Waals surface area contributed by atoms with Gasteiger partial charge in [0.15, 0.2) is 0 Å². The van der Waals surface area contributed by atoms with Crippen molar-refractivity contribution in [3.63, 3.8) is 0 Å². The molecule has 0 atom stereocenters. The zero-order chi connectivity index (χ0) is 11.9. The smallest absolute Gasteiger partial charge is 0.0716 e. The summed E-state index contributed by atoms with van der Waals surface area (Å²) in [6.45, 7) is 2.08. The van der Waals surface area contributed by atoms with Crippen molar-refractivity contribution in [2.45, 2.75) is 6.42 Å². The Hall–Kier alpha value is -2.09. The van der Waals surface area contributed by atoms with Crippen LogP contribution in [-0.2, 0) is 0 Å². The lowest BCUT2D eigenvalue weighted by molar-refractivity contribution is 0.410. The highest BCUT2D eigenvalue weighted by Gasteiger charge is 2.21. The molecular formula is C16H14N2. The zero-order valence-electron chi connectivity index (χ0n) is 10.1. The summed E-state index contributed by atoms with van der Waals surface area (Å²) in [4.78, 5) is 7.11. The Morgan fingerprint density at radius 2 is 2.11 bits per heavy atom. The molecule has 88 valence electrons. The summed E-state index contributed by atoms with van der Waals surface area (Å²) in [6, 6.07) is 8.40. The molecule has 0 radical (unpaired) electrons. The molecule has 2 heteroatoms. The van der Waals surface area contributed by atoms with Crippen LogP contribution in [0.1, 0.15) is 12.0 Å². The van der Waals surface area contributed by atoms with Crippen molar-refractivity contribution in [2.24, 2.45) is 4.99 Å². The van der Waals surface area contributed by atoms with Gasteiger partial charge >= 0.3 is 0 Å². The van der Waals surface area contributed by atoms with E-state index in [2.05, 4.69) is 53.6 Å². The number of allylic oxidation sites excluding steroid dienone is 3. The van der Waals surface area contributed by atoms with E-state index < -0.39 is 0 Å². The molecule has 0 aromatic heterocycles. The zero-order valence-corrected chi connectivity index (χ0v) is 10.1. The van der Waals surface area contributed by atoms with Crippen LogP contribution < -0.4 is 0 Å². The van der Waals surface area contributed by atoms with Gasteiger partial charge in [-0.15, -0.1) is 0 Å². The molecule has 0 saturated heterocycles. The van der Waals surface area contributed by atoms with E-state index in [1.54, 1.807) is 0 Å². The molecule has 0 N–H and O–H groups in total. The first-order chi connectivity index (χ1) is 8.90. The van der Waals surface area contributed by atoms with Crippen molar-refractivity contribution in [1.82, 2.24) is 4.90 Å². The minimum atomic E-state index is 0.973. The Labute approximate surface area is 107 Å². The van der Waals surface area contributed by atoms with Crippen LogP contribution in [0.3, 0.4) is 0 Å². The first kappa shape index (κ1) is 9.89. The van der Waals surface area contributed by atoms with E-state index >= 15 is 0 Å². The number of para-hydroxylation sites is 1. The molecule has 1 aromatic carbocycles. The van der Waals surface area contributed by atoms with Gasteiger partial charge in [0.1, 0.15) is 0 Å². The lowest BCUT2D eigenvalue weighted by Crippen LogP contribution is -2.21. The molecule has 0 saturated carbocycles. The highest BCUT2D eigenvalue weighted by Crippen LogP contribution is 2.36. The van der Waals surface area contributed by atoms with Crippen LogP contribution in [0.4, 0.5) is 5.69 Å². The van der Waals surface area contributed by atoms with Gasteiger partial charge in [-0.3, -0.25) is 0 Å². The molecule has 0 unspecified atom stereocenters. The van der Waals surface area contributed by atoms with E-state index in [0.717, 1.165) is 30.9 Å². The minimum Gasteiger partial charge on any atom is -0.373 e. The van der Waals surface area contributed by atoms with Crippen molar-refractivity contribution in [2.75, 3.05) is 13.1 Å². The summed E-state index contributed by atoms with van der Waals surface area (Å²) in [7, 11) is 0. The maximum atomic E-state index is 4.75. The Balaban J connectivity index is 1.90. The van der Waals surface area contributed by atoms with Crippen LogP contribution in [0.25, 0.3) is 5.57 Å². The monoisotopic (exact) mass is 234 g/mol. The summed E-state index contributed by atoms with van der Waals surface area (Å²) < 4.78 is 0. The third-order valence-corrected chi connectivity index (χ3v) is 3.75. The fourth-order valence-electron chi connectivity index (χ4n) is 2.74. The second kappa shape index (κ2) is 3.70. The van der Waals surface area contributed by atoms with Crippen LogP contribution in [0.2, 0.25) is 0 Å². The van der Waals surface area contributed by atoms with Gasteiger partial charge in [0, 0.05) is 24.2 Å². The normalized spacial score (nSPS) is 26.0. The van der Waals surface area contributed by atoms with Crippen LogP contribution in [0.15, 0.2) is 59.3 Å². The summed E-state index contributed by atoms with van der Waals surface area (Å²) in [5.74, 6) is 0. The Morgan fingerprint density at radius 3 is 3.00 bits per heavy atom. The first-order valence-electron chi connectivity index (χ1n) is 6.42. The van der Waals surface area contributed by atoms with Crippen LogP contribution in [0, 0.1) is 0 Å². The molecule has 5 rings (SSSR count). The molecule has 1 aromatic rings. The van der Waals surface area contributed by atoms with E-state index in [1.165, 1.54) is 16.7 Å². The summed E-state index contributed by atoms with van der Waals surface area (Å²) in [6.07, 6.45) is 10.1. The average molecular weight is 234 g/mol. The molecule has 2 nitrogen and oxygen atoms in total. The second-order valence-corrected chi connectivity index (χ2v) is 4.91. The van der Waals surface area contributed by atoms with E-state index in [-0.39, 0.29) is 0 Å². The third-order valence-electron chi connectivity index (χ3n) is 3.75. The van der Waals surface area contributed by atoms with Gasteiger partial charge in [0.25, 0.3) is 0 Å². The van der Waals surface area contributed by atoms with Gasteiger partial charge in [0.05, 0.1) is 11.4 Å². The van der Waals surface area contributed by atoms with Crippen LogP contribution in [-0.4, -0.2) is 23.7 Å². The Morgan fingerprint density at radius 1 is 1.17 bits per heavy atom.